The number of benzene rings is 1. The first kappa shape index (κ1) is 16.1. The molecule has 1 aromatic carbocycles. The number of hydrogen-bond acceptors (Lipinski definition) is 4. The summed E-state index contributed by atoms with van der Waals surface area (Å²) in [5.74, 6) is 0.795. The highest BCUT2D eigenvalue weighted by Gasteiger charge is 2.05. The Balaban J connectivity index is 1.64. The maximum atomic E-state index is 12.1. The number of para-hydroxylation sites is 1. The second kappa shape index (κ2) is 8.15. The number of rotatable bonds is 6. The molecular formula is C18H15NOS3. The summed E-state index contributed by atoms with van der Waals surface area (Å²) >= 11 is 5.05. The summed E-state index contributed by atoms with van der Waals surface area (Å²) in [4.78, 5) is 14.2. The Kier molecular flexibility index (Phi) is 5.69. The molecule has 3 rings (SSSR count). The summed E-state index contributed by atoms with van der Waals surface area (Å²) in [5.41, 5.74) is 2.16. The van der Waals surface area contributed by atoms with E-state index in [9.17, 15) is 4.79 Å². The van der Waals surface area contributed by atoms with E-state index >= 15 is 0 Å². The summed E-state index contributed by atoms with van der Waals surface area (Å²) in [6.07, 6.45) is 3.41. The smallest absolute Gasteiger partial charge is 0.248 e. The number of carbonyl (C=O) groups is 1. The molecule has 2 aromatic heterocycles. The Morgan fingerprint density at radius 1 is 1.13 bits per heavy atom. The summed E-state index contributed by atoms with van der Waals surface area (Å²) < 4.78 is 0. The molecule has 0 aliphatic rings. The zero-order chi connectivity index (χ0) is 15.9. The minimum absolute atomic E-state index is 0.109. The van der Waals surface area contributed by atoms with E-state index in [1.54, 1.807) is 40.5 Å². The van der Waals surface area contributed by atoms with Crippen molar-refractivity contribution in [1.29, 1.82) is 0 Å². The van der Waals surface area contributed by atoms with Crippen LogP contribution in [0.3, 0.4) is 0 Å². The Morgan fingerprint density at radius 3 is 2.83 bits per heavy atom. The molecule has 0 aliphatic heterocycles. The summed E-state index contributed by atoms with van der Waals surface area (Å²) in [6, 6.07) is 14.0. The van der Waals surface area contributed by atoms with E-state index in [4.69, 9.17) is 0 Å². The minimum atomic E-state index is -0.109. The van der Waals surface area contributed by atoms with Crippen molar-refractivity contribution in [1.82, 2.24) is 0 Å². The van der Waals surface area contributed by atoms with Crippen LogP contribution in [-0.4, -0.2) is 5.91 Å². The van der Waals surface area contributed by atoms with E-state index in [2.05, 4.69) is 22.1 Å². The molecule has 3 aromatic rings. The first-order valence-corrected chi connectivity index (χ1v) is 9.87. The number of anilines is 1. The van der Waals surface area contributed by atoms with Crippen molar-refractivity contribution < 1.29 is 4.79 Å². The fourth-order valence-electron chi connectivity index (χ4n) is 1.95. The highest BCUT2D eigenvalue weighted by molar-refractivity contribution is 7.98. The van der Waals surface area contributed by atoms with Gasteiger partial charge >= 0.3 is 0 Å². The molecule has 1 N–H and O–H groups in total. The van der Waals surface area contributed by atoms with Gasteiger partial charge in [-0.2, -0.15) is 11.3 Å². The average molecular weight is 358 g/mol. The SMILES string of the molecule is O=C(/C=C\c1cccs1)Nc1ccccc1SCc1ccsc1. The Morgan fingerprint density at radius 2 is 2.04 bits per heavy atom. The average Bonchev–Trinajstić information content (AvgIpc) is 3.26. The predicted molar refractivity (Wildman–Crippen MR) is 102 cm³/mol. The lowest BCUT2D eigenvalue weighted by Crippen LogP contribution is -2.08. The lowest BCUT2D eigenvalue weighted by atomic mass is 10.3. The lowest BCUT2D eigenvalue weighted by Gasteiger charge is -2.09. The molecule has 0 unspecified atom stereocenters. The number of thioether (sulfide) groups is 1. The van der Waals surface area contributed by atoms with Crippen LogP contribution < -0.4 is 5.32 Å². The molecule has 0 spiro atoms. The number of hydrogen-bond donors (Lipinski definition) is 1. The second-order valence-electron chi connectivity index (χ2n) is 4.75. The van der Waals surface area contributed by atoms with Crippen molar-refractivity contribution in [2.45, 2.75) is 10.6 Å². The third-order valence-electron chi connectivity index (χ3n) is 3.06. The predicted octanol–water partition coefficient (Wildman–Crippen LogP) is 5.75. The second-order valence-corrected chi connectivity index (χ2v) is 7.53. The van der Waals surface area contributed by atoms with Crippen molar-refractivity contribution in [3.8, 4) is 0 Å². The fraction of sp³-hybridized carbons (Fsp3) is 0.0556. The van der Waals surface area contributed by atoms with Gasteiger partial charge in [0, 0.05) is 21.6 Å². The molecule has 116 valence electrons. The van der Waals surface area contributed by atoms with Gasteiger partial charge in [0.25, 0.3) is 0 Å². The molecule has 5 heteroatoms. The van der Waals surface area contributed by atoms with E-state index in [0.717, 1.165) is 21.2 Å². The third kappa shape index (κ3) is 4.82. The van der Waals surface area contributed by atoms with Gasteiger partial charge < -0.3 is 5.32 Å². The van der Waals surface area contributed by atoms with Crippen LogP contribution >= 0.6 is 34.4 Å². The van der Waals surface area contributed by atoms with Gasteiger partial charge in [0.1, 0.15) is 0 Å². The first-order valence-electron chi connectivity index (χ1n) is 7.07. The van der Waals surface area contributed by atoms with E-state index in [0.29, 0.717) is 0 Å². The number of nitrogens with one attached hydrogen (secondary N) is 1. The summed E-state index contributed by atoms with van der Waals surface area (Å²) in [6.45, 7) is 0. The van der Waals surface area contributed by atoms with Gasteiger partial charge in [-0.3, -0.25) is 4.79 Å². The van der Waals surface area contributed by atoms with Crippen molar-refractivity contribution in [2.75, 3.05) is 5.32 Å². The van der Waals surface area contributed by atoms with Gasteiger partial charge in [-0.25, -0.2) is 0 Å². The van der Waals surface area contributed by atoms with E-state index in [-0.39, 0.29) is 5.91 Å². The maximum Gasteiger partial charge on any atom is 0.248 e. The van der Waals surface area contributed by atoms with Crippen LogP contribution in [0.15, 0.2) is 69.6 Å². The quantitative estimate of drug-likeness (QED) is 0.449. The van der Waals surface area contributed by atoms with E-state index in [1.807, 2.05) is 47.9 Å². The van der Waals surface area contributed by atoms with E-state index in [1.165, 1.54) is 5.56 Å². The lowest BCUT2D eigenvalue weighted by molar-refractivity contribution is -0.111. The summed E-state index contributed by atoms with van der Waals surface area (Å²) in [7, 11) is 0. The zero-order valence-corrected chi connectivity index (χ0v) is 14.7. The van der Waals surface area contributed by atoms with Crippen LogP contribution in [0.2, 0.25) is 0 Å². The minimum Gasteiger partial charge on any atom is -0.321 e. The first-order chi connectivity index (χ1) is 11.3. The van der Waals surface area contributed by atoms with Crippen molar-refractivity contribution in [2.24, 2.45) is 0 Å². The van der Waals surface area contributed by atoms with Gasteiger partial charge in [-0.1, -0.05) is 18.2 Å². The molecule has 0 atom stereocenters. The Bertz CT molecular complexity index is 776. The van der Waals surface area contributed by atoms with Crippen LogP contribution in [0.5, 0.6) is 0 Å². The van der Waals surface area contributed by atoms with Gasteiger partial charge in [-0.15, -0.1) is 23.1 Å². The monoisotopic (exact) mass is 357 g/mol. The molecule has 2 heterocycles. The highest BCUT2D eigenvalue weighted by Crippen LogP contribution is 2.30. The van der Waals surface area contributed by atoms with Crippen LogP contribution in [0.1, 0.15) is 10.4 Å². The van der Waals surface area contributed by atoms with Crippen LogP contribution in [0, 0.1) is 0 Å². The number of thiophene rings is 2. The topological polar surface area (TPSA) is 29.1 Å². The summed E-state index contributed by atoms with van der Waals surface area (Å²) in [5, 5.41) is 9.19. The van der Waals surface area contributed by atoms with Gasteiger partial charge in [0.15, 0.2) is 0 Å². The number of amides is 1. The van der Waals surface area contributed by atoms with Gasteiger partial charge in [0.05, 0.1) is 5.69 Å². The van der Waals surface area contributed by atoms with Gasteiger partial charge in [0.2, 0.25) is 5.91 Å². The molecule has 1 amide bonds. The molecule has 0 saturated carbocycles. The van der Waals surface area contributed by atoms with Crippen LogP contribution in [-0.2, 0) is 10.5 Å². The molecular weight excluding hydrogens is 342 g/mol. The van der Waals surface area contributed by atoms with Gasteiger partial charge in [-0.05, 0) is 52.0 Å². The van der Waals surface area contributed by atoms with Crippen LogP contribution in [0.4, 0.5) is 5.69 Å². The molecule has 0 fully saturated rings. The van der Waals surface area contributed by atoms with E-state index < -0.39 is 0 Å². The molecule has 0 saturated heterocycles. The molecule has 23 heavy (non-hydrogen) atoms. The van der Waals surface area contributed by atoms with Crippen LogP contribution in [0.25, 0.3) is 6.08 Å². The maximum absolute atomic E-state index is 12.1. The molecule has 2 nitrogen and oxygen atoms in total. The molecule has 0 bridgehead atoms. The van der Waals surface area contributed by atoms with Crippen molar-refractivity contribution in [3.63, 3.8) is 0 Å². The molecule has 0 aliphatic carbocycles. The van der Waals surface area contributed by atoms with Crippen molar-refractivity contribution >= 4 is 52.1 Å². The Hall–Kier alpha value is -1.82. The van der Waals surface area contributed by atoms with Crippen molar-refractivity contribution in [3.05, 3.63) is 75.1 Å². The third-order valence-corrected chi connectivity index (χ3v) is 5.78. The number of carbonyl (C=O) groups excluding carboxylic acids is 1. The largest absolute Gasteiger partial charge is 0.321 e. The Labute approximate surface area is 147 Å². The highest BCUT2D eigenvalue weighted by atomic mass is 32.2. The standard InChI is InChI=1S/C18H15NOS3/c20-18(8-7-15-4-3-10-22-15)19-16-5-1-2-6-17(16)23-13-14-9-11-21-12-14/h1-12H,13H2,(H,19,20)/b8-7-. The fourth-order valence-corrected chi connectivity index (χ4v) is 4.29. The normalized spacial score (nSPS) is 11.0. The zero-order valence-electron chi connectivity index (χ0n) is 12.3. The molecule has 0 radical (unpaired) electrons.